The first-order chi connectivity index (χ1) is 7.36. The first-order valence-corrected chi connectivity index (χ1v) is 6.00. The lowest BCUT2D eigenvalue weighted by atomic mass is 9.93. The monoisotopic (exact) mass is 226 g/mol. The van der Waals surface area contributed by atoms with E-state index in [1.807, 2.05) is 13.8 Å². The molecule has 0 spiro atoms. The van der Waals surface area contributed by atoms with Crippen LogP contribution in [0.1, 0.15) is 40.5 Å². The standard InChI is InChI=1S/C12H22N2O2/c1-5-12(13,6-2)7-14-10(15)8(3)9(4)11(14)16/h8-9H,5-7,13H2,1-4H3. The number of hydrogen-bond acceptors (Lipinski definition) is 3. The average molecular weight is 226 g/mol. The van der Waals surface area contributed by atoms with E-state index in [-0.39, 0.29) is 23.7 Å². The molecule has 2 amide bonds. The first-order valence-electron chi connectivity index (χ1n) is 6.00. The third kappa shape index (κ3) is 2.12. The number of carbonyl (C=O) groups excluding carboxylic acids is 2. The van der Waals surface area contributed by atoms with Crippen molar-refractivity contribution in [3.63, 3.8) is 0 Å². The summed E-state index contributed by atoms with van der Waals surface area (Å²) in [6, 6.07) is 0. The van der Waals surface area contributed by atoms with Crippen LogP contribution in [-0.4, -0.2) is 28.8 Å². The van der Waals surface area contributed by atoms with Crippen molar-refractivity contribution in [2.75, 3.05) is 6.54 Å². The van der Waals surface area contributed by atoms with Crippen LogP contribution in [0.15, 0.2) is 0 Å². The van der Waals surface area contributed by atoms with Gasteiger partial charge in [-0.25, -0.2) is 0 Å². The molecule has 0 bridgehead atoms. The summed E-state index contributed by atoms with van der Waals surface area (Å²) in [5.41, 5.74) is 5.71. The van der Waals surface area contributed by atoms with Crippen LogP contribution in [-0.2, 0) is 9.59 Å². The Bertz CT molecular complexity index is 277. The van der Waals surface area contributed by atoms with Crippen LogP contribution in [0.3, 0.4) is 0 Å². The summed E-state index contributed by atoms with van der Waals surface area (Å²) in [6.07, 6.45) is 1.53. The Balaban J connectivity index is 2.82. The van der Waals surface area contributed by atoms with Crippen molar-refractivity contribution in [3.05, 3.63) is 0 Å². The summed E-state index contributed by atoms with van der Waals surface area (Å²) >= 11 is 0. The predicted molar refractivity (Wildman–Crippen MR) is 62.5 cm³/mol. The second-order valence-electron chi connectivity index (χ2n) is 4.91. The predicted octanol–water partition coefficient (Wildman–Crippen LogP) is 1.14. The first kappa shape index (κ1) is 13.2. The van der Waals surface area contributed by atoms with Gasteiger partial charge in [0.25, 0.3) is 0 Å². The Morgan fingerprint density at radius 3 is 1.81 bits per heavy atom. The lowest BCUT2D eigenvalue weighted by Crippen LogP contribution is -2.51. The molecule has 1 aliphatic heterocycles. The van der Waals surface area contributed by atoms with Crippen molar-refractivity contribution >= 4 is 11.8 Å². The van der Waals surface area contributed by atoms with Crippen molar-refractivity contribution in [2.45, 2.75) is 46.1 Å². The molecule has 1 aliphatic rings. The summed E-state index contributed by atoms with van der Waals surface area (Å²) in [5, 5.41) is 0. The van der Waals surface area contributed by atoms with Gasteiger partial charge in [0.2, 0.25) is 11.8 Å². The third-order valence-electron chi connectivity index (χ3n) is 3.94. The highest BCUT2D eigenvalue weighted by molar-refractivity contribution is 6.04. The van der Waals surface area contributed by atoms with Crippen LogP contribution in [0.2, 0.25) is 0 Å². The maximum absolute atomic E-state index is 11.9. The van der Waals surface area contributed by atoms with Gasteiger partial charge in [0.1, 0.15) is 0 Å². The maximum Gasteiger partial charge on any atom is 0.232 e. The molecular weight excluding hydrogens is 204 g/mol. The van der Waals surface area contributed by atoms with E-state index in [2.05, 4.69) is 0 Å². The van der Waals surface area contributed by atoms with Gasteiger partial charge in [-0.15, -0.1) is 0 Å². The van der Waals surface area contributed by atoms with Crippen LogP contribution in [0.25, 0.3) is 0 Å². The summed E-state index contributed by atoms with van der Waals surface area (Å²) in [5.74, 6) is -0.556. The molecule has 16 heavy (non-hydrogen) atoms. The fourth-order valence-electron chi connectivity index (χ4n) is 1.97. The minimum absolute atomic E-state index is 0.0748. The van der Waals surface area contributed by atoms with Gasteiger partial charge in [-0.05, 0) is 12.8 Å². The molecule has 1 saturated heterocycles. The Morgan fingerprint density at radius 2 is 1.50 bits per heavy atom. The molecule has 0 aromatic rings. The van der Waals surface area contributed by atoms with E-state index in [0.717, 1.165) is 12.8 Å². The van der Waals surface area contributed by atoms with Crippen LogP contribution < -0.4 is 5.73 Å². The fraction of sp³-hybridized carbons (Fsp3) is 0.833. The van der Waals surface area contributed by atoms with Crippen molar-refractivity contribution in [2.24, 2.45) is 17.6 Å². The summed E-state index contributed by atoms with van der Waals surface area (Å²) in [7, 11) is 0. The number of likely N-dealkylation sites (tertiary alicyclic amines) is 1. The van der Waals surface area contributed by atoms with Crippen LogP contribution in [0.4, 0.5) is 0 Å². The van der Waals surface area contributed by atoms with E-state index < -0.39 is 5.54 Å². The second-order valence-corrected chi connectivity index (χ2v) is 4.91. The van der Waals surface area contributed by atoms with E-state index >= 15 is 0 Å². The van der Waals surface area contributed by atoms with Gasteiger partial charge >= 0.3 is 0 Å². The smallest absolute Gasteiger partial charge is 0.232 e. The highest BCUT2D eigenvalue weighted by Crippen LogP contribution is 2.27. The van der Waals surface area contributed by atoms with Crippen LogP contribution in [0.5, 0.6) is 0 Å². The zero-order chi connectivity index (χ0) is 12.5. The number of imide groups is 1. The van der Waals surface area contributed by atoms with Crippen molar-refractivity contribution in [1.82, 2.24) is 4.90 Å². The molecule has 1 fully saturated rings. The Labute approximate surface area is 97.2 Å². The zero-order valence-electron chi connectivity index (χ0n) is 10.6. The van der Waals surface area contributed by atoms with Gasteiger partial charge in [-0.3, -0.25) is 14.5 Å². The second kappa shape index (κ2) is 4.53. The lowest BCUT2D eigenvalue weighted by molar-refractivity contribution is -0.140. The molecular formula is C12H22N2O2. The number of rotatable bonds is 4. The molecule has 2 atom stereocenters. The maximum atomic E-state index is 11.9. The Kier molecular flexibility index (Phi) is 3.73. The molecule has 4 nitrogen and oxygen atoms in total. The van der Waals surface area contributed by atoms with E-state index in [4.69, 9.17) is 5.73 Å². The zero-order valence-corrected chi connectivity index (χ0v) is 10.6. The van der Waals surface area contributed by atoms with Gasteiger partial charge < -0.3 is 5.73 Å². The summed E-state index contributed by atoms with van der Waals surface area (Å²) < 4.78 is 0. The molecule has 4 heteroatoms. The van der Waals surface area contributed by atoms with E-state index in [1.54, 1.807) is 13.8 Å². The molecule has 1 rings (SSSR count). The van der Waals surface area contributed by atoms with Crippen molar-refractivity contribution < 1.29 is 9.59 Å². The normalized spacial score (nSPS) is 26.7. The molecule has 92 valence electrons. The molecule has 0 radical (unpaired) electrons. The molecule has 0 aromatic carbocycles. The van der Waals surface area contributed by atoms with Gasteiger partial charge in [0.05, 0.1) is 0 Å². The largest absolute Gasteiger partial charge is 0.324 e. The third-order valence-corrected chi connectivity index (χ3v) is 3.94. The van der Waals surface area contributed by atoms with E-state index in [0.29, 0.717) is 6.54 Å². The van der Waals surface area contributed by atoms with Gasteiger partial charge in [0, 0.05) is 23.9 Å². The number of nitrogens with zero attached hydrogens (tertiary/aromatic N) is 1. The molecule has 2 N–H and O–H groups in total. The van der Waals surface area contributed by atoms with Crippen LogP contribution in [0, 0.1) is 11.8 Å². The molecule has 2 unspecified atom stereocenters. The molecule has 0 aliphatic carbocycles. The molecule has 0 aromatic heterocycles. The summed E-state index contributed by atoms with van der Waals surface area (Å²) in [6.45, 7) is 7.94. The van der Waals surface area contributed by atoms with Crippen LogP contribution >= 0.6 is 0 Å². The van der Waals surface area contributed by atoms with E-state index in [9.17, 15) is 9.59 Å². The quantitative estimate of drug-likeness (QED) is 0.731. The Hall–Kier alpha value is -0.900. The number of nitrogens with two attached hydrogens (primary N) is 1. The number of carbonyl (C=O) groups is 2. The van der Waals surface area contributed by atoms with Crippen molar-refractivity contribution in [3.8, 4) is 0 Å². The summed E-state index contributed by atoms with van der Waals surface area (Å²) in [4.78, 5) is 25.1. The average Bonchev–Trinajstić information content (AvgIpc) is 2.46. The highest BCUT2D eigenvalue weighted by atomic mass is 16.2. The highest BCUT2D eigenvalue weighted by Gasteiger charge is 2.44. The minimum Gasteiger partial charge on any atom is -0.324 e. The molecule has 1 heterocycles. The van der Waals surface area contributed by atoms with Crippen molar-refractivity contribution in [1.29, 1.82) is 0 Å². The Morgan fingerprint density at radius 1 is 1.12 bits per heavy atom. The number of amides is 2. The fourth-order valence-corrected chi connectivity index (χ4v) is 1.97. The number of hydrogen-bond donors (Lipinski definition) is 1. The van der Waals surface area contributed by atoms with Gasteiger partial charge in [-0.1, -0.05) is 27.7 Å². The molecule has 0 saturated carbocycles. The lowest BCUT2D eigenvalue weighted by Gasteiger charge is -2.31. The topological polar surface area (TPSA) is 63.4 Å². The SMILES string of the molecule is CCC(N)(CC)CN1C(=O)C(C)C(C)C1=O. The van der Waals surface area contributed by atoms with Gasteiger partial charge in [0.15, 0.2) is 0 Å². The van der Waals surface area contributed by atoms with E-state index in [1.165, 1.54) is 4.90 Å². The minimum atomic E-state index is -0.435. The van der Waals surface area contributed by atoms with Gasteiger partial charge in [-0.2, -0.15) is 0 Å².